The van der Waals surface area contributed by atoms with Crippen LogP contribution in [-0.4, -0.2) is 30.4 Å². The second kappa shape index (κ2) is 8.76. The zero-order valence-electron chi connectivity index (χ0n) is 14.7. The topological polar surface area (TPSA) is 46.3 Å². The third-order valence-corrected chi connectivity index (χ3v) is 4.99. The molecule has 2 aromatic carbocycles. The predicted octanol–water partition coefficient (Wildman–Crippen LogP) is 3.87. The van der Waals surface area contributed by atoms with Gasteiger partial charge in [-0.3, -0.25) is 4.79 Å². The molecule has 0 aliphatic carbocycles. The summed E-state index contributed by atoms with van der Waals surface area (Å²) in [6, 6.07) is 15.0. The van der Waals surface area contributed by atoms with Gasteiger partial charge in [0, 0.05) is 19.0 Å². The molecule has 0 radical (unpaired) electrons. The van der Waals surface area contributed by atoms with E-state index in [0.29, 0.717) is 19.6 Å². The van der Waals surface area contributed by atoms with Crippen molar-refractivity contribution in [3.63, 3.8) is 0 Å². The number of nitrogens with zero attached hydrogens (tertiary/aromatic N) is 1. The highest BCUT2D eigenvalue weighted by Gasteiger charge is 2.37. The molecule has 1 amide bonds. The molecule has 3 rings (SSSR count). The Morgan fingerprint density at radius 1 is 1.04 bits per heavy atom. The van der Waals surface area contributed by atoms with Gasteiger partial charge in [0.15, 0.2) is 0 Å². The smallest absolute Gasteiger partial charge is 0.341 e. The number of carbonyl (C=O) groups excluding carboxylic acids is 1. The highest BCUT2D eigenvalue weighted by atomic mass is 35.5. The van der Waals surface area contributed by atoms with Gasteiger partial charge in [-0.25, -0.2) is 0 Å². The summed E-state index contributed by atoms with van der Waals surface area (Å²) in [5.41, 5.74) is 6.24. The minimum atomic E-state index is -4.46. The van der Waals surface area contributed by atoms with E-state index in [1.54, 1.807) is 4.90 Å². The second-order valence-corrected chi connectivity index (χ2v) is 6.64. The molecular weight excluding hydrogens is 377 g/mol. The summed E-state index contributed by atoms with van der Waals surface area (Å²) in [6.45, 7) is 1.39. The van der Waals surface area contributed by atoms with E-state index in [2.05, 4.69) is 0 Å². The Morgan fingerprint density at radius 2 is 1.67 bits per heavy atom. The van der Waals surface area contributed by atoms with Crippen LogP contribution < -0.4 is 5.73 Å². The van der Waals surface area contributed by atoms with Gasteiger partial charge in [-0.15, -0.1) is 12.4 Å². The molecule has 0 saturated carbocycles. The SMILES string of the molecule is Cl.NC[C@@H]1CN(C(=O)Cc2ccccc2C(F)(F)F)C[C@H]1c1ccccc1. The van der Waals surface area contributed by atoms with Crippen LogP contribution in [0.5, 0.6) is 0 Å². The van der Waals surface area contributed by atoms with Crippen LogP contribution in [0.1, 0.15) is 22.6 Å². The van der Waals surface area contributed by atoms with Crippen LogP contribution in [0.4, 0.5) is 13.2 Å². The van der Waals surface area contributed by atoms with E-state index in [9.17, 15) is 18.0 Å². The molecule has 0 bridgehead atoms. The average Bonchev–Trinajstić information content (AvgIpc) is 3.06. The zero-order valence-corrected chi connectivity index (χ0v) is 15.5. The Morgan fingerprint density at radius 3 is 2.30 bits per heavy atom. The monoisotopic (exact) mass is 398 g/mol. The third-order valence-electron chi connectivity index (χ3n) is 4.99. The number of halogens is 4. The van der Waals surface area contributed by atoms with Crippen molar-refractivity contribution in [3.05, 3.63) is 71.3 Å². The number of nitrogens with two attached hydrogens (primary N) is 1. The molecule has 3 nitrogen and oxygen atoms in total. The van der Waals surface area contributed by atoms with E-state index < -0.39 is 11.7 Å². The van der Waals surface area contributed by atoms with Crippen molar-refractivity contribution in [2.75, 3.05) is 19.6 Å². The first kappa shape index (κ1) is 21.3. The van der Waals surface area contributed by atoms with Crippen molar-refractivity contribution in [1.29, 1.82) is 0 Å². The summed E-state index contributed by atoms with van der Waals surface area (Å²) in [4.78, 5) is 14.3. The van der Waals surface area contributed by atoms with Crippen LogP contribution in [0.25, 0.3) is 0 Å². The maximum Gasteiger partial charge on any atom is 0.416 e. The highest BCUT2D eigenvalue weighted by molar-refractivity contribution is 5.85. The molecule has 0 unspecified atom stereocenters. The summed E-state index contributed by atoms with van der Waals surface area (Å²) in [7, 11) is 0. The number of carbonyl (C=O) groups is 1. The fraction of sp³-hybridized carbons (Fsp3) is 0.350. The van der Waals surface area contributed by atoms with Gasteiger partial charge in [0.1, 0.15) is 0 Å². The zero-order chi connectivity index (χ0) is 18.7. The summed E-state index contributed by atoms with van der Waals surface area (Å²) in [5, 5.41) is 0. The van der Waals surface area contributed by atoms with E-state index in [-0.39, 0.29) is 42.1 Å². The van der Waals surface area contributed by atoms with Crippen molar-refractivity contribution in [2.24, 2.45) is 11.7 Å². The van der Waals surface area contributed by atoms with Gasteiger partial charge < -0.3 is 10.6 Å². The molecule has 2 N–H and O–H groups in total. The number of benzene rings is 2. The fourth-order valence-electron chi connectivity index (χ4n) is 3.62. The average molecular weight is 399 g/mol. The number of likely N-dealkylation sites (tertiary alicyclic amines) is 1. The van der Waals surface area contributed by atoms with Crippen molar-refractivity contribution >= 4 is 18.3 Å². The second-order valence-electron chi connectivity index (χ2n) is 6.64. The molecule has 7 heteroatoms. The molecular formula is C20H22ClF3N2O. The lowest BCUT2D eigenvalue weighted by Gasteiger charge is -2.18. The van der Waals surface area contributed by atoms with Crippen molar-refractivity contribution < 1.29 is 18.0 Å². The number of alkyl halides is 3. The summed E-state index contributed by atoms with van der Waals surface area (Å²) >= 11 is 0. The van der Waals surface area contributed by atoms with Gasteiger partial charge in [0.25, 0.3) is 0 Å². The molecule has 0 aromatic heterocycles. The van der Waals surface area contributed by atoms with Crippen LogP contribution in [-0.2, 0) is 17.4 Å². The van der Waals surface area contributed by atoms with Gasteiger partial charge in [-0.1, -0.05) is 48.5 Å². The van der Waals surface area contributed by atoms with Crippen molar-refractivity contribution in [2.45, 2.75) is 18.5 Å². The quantitative estimate of drug-likeness (QED) is 0.849. The first-order valence-electron chi connectivity index (χ1n) is 8.58. The van der Waals surface area contributed by atoms with E-state index in [0.717, 1.165) is 11.6 Å². The van der Waals surface area contributed by atoms with Gasteiger partial charge in [0.2, 0.25) is 5.91 Å². The van der Waals surface area contributed by atoms with Gasteiger partial charge in [-0.05, 0) is 29.7 Å². The molecule has 2 aromatic rings. The highest BCUT2D eigenvalue weighted by Crippen LogP contribution is 2.34. The van der Waals surface area contributed by atoms with Gasteiger partial charge in [0.05, 0.1) is 12.0 Å². The van der Waals surface area contributed by atoms with Crippen LogP contribution >= 0.6 is 12.4 Å². The molecule has 1 aliphatic rings. The normalized spacial score (nSPS) is 19.6. The van der Waals surface area contributed by atoms with Gasteiger partial charge in [-0.2, -0.15) is 13.2 Å². The lowest BCUT2D eigenvalue weighted by atomic mass is 9.89. The molecule has 1 heterocycles. The first-order valence-corrected chi connectivity index (χ1v) is 8.58. The Kier molecular flexibility index (Phi) is 6.89. The van der Waals surface area contributed by atoms with Crippen LogP contribution in [0.2, 0.25) is 0 Å². The molecule has 27 heavy (non-hydrogen) atoms. The third kappa shape index (κ3) is 4.82. The van der Waals surface area contributed by atoms with E-state index in [1.165, 1.54) is 18.2 Å². The Bertz CT molecular complexity index is 767. The first-order chi connectivity index (χ1) is 12.4. The molecule has 1 saturated heterocycles. The Balaban J connectivity index is 0.00000261. The number of rotatable bonds is 4. The predicted molar refractivity (Wildman–Crippen MR) is 101 cm³/mol. The molecule has 2 atom stereocenters. The molecule has 1 fully saturated rings. The van der Waals surface area contributed by atoms with Crippen molar-refractivity contribution in [3.8, 4) is 0 Å². The maximum absolute atomic E-state index is 13.1. The van der Waals surface area contributed by atoms with E-state index >= 15 is 0 Å². The fourth-order valence-corrected chi connectivity index (χ4v) is 3.62. The largest absolute Gasteiger partial charge is 0.416 e. The van der Waals surface area contributed by atoms with Gasteiger partial charge >= 0.3 is 6.18 Å². The number of hydrogen-bond donors (Lipinski definition) is 1. The van der Waals surface area contributed by atoms with E-state index in [4.69, 9.17) is 5.73 Å². The van der Waals surface area contributed by atoms with Crippen LogP contribution in [0.3, 0.4) is 0 Å². The minimum Gasteiger partial charge on any atom is -0.341 e. The summed E-state index contributed by atoms with van der Waals surface area (Å²) < 4.78 is 39.4. The Hall–Kier alpha value is -2.05. The molecule has 146 valence electrons. The minimum absolute atomic E-state index is 0. The number of hydrogen-bond acceptors (Lipinski definition) is 2. The summed E-state index contributed by atoms with van der Waals surface area (Å²) in [6.07, 6.45) is -4.72. The maximum atomic E-state index is 13.1. The van der Waals surface area contributed by atoms with Crippen LogP contribution in [0.15, 0.2) is 54.6 Å². The van der Waals surface area contributed by atoms with E-state index in [1.807, 2.05) is 30.3 Å². The number of amides is 1. The lowest BCUT2D eigenvalue weighted by molar-refractivity contribution is -0.138. The standard InChI is InChI=1S/C20H21F3N2O.ClH/c21-20(22,23)18-9-5-4-8-15(18)10-19(26)25-12-16(11-24)17(13-25)14-6-2-1-3-7-14;/h1-9,16-17H,10-13,24H2;1H/t16-,17+;/m1./s1. The Labute approximate surface area is 162 Å². The molecule has 0 spiro atoms. The lowest BCUT2D eigenvalue weighted by Crippen LogP contribution is -2.31. The summed E-state index contributed by atoms with van der Waals surface area (Å²) in [5.74, 6) is -0.0687. The van der Waals surface area contributed by atoms with Crippen LogP contribution in [0, 0.1) is 5.92 Å². The molecule has 1 aliphatic heterocycles. The van der Waals surface area contributed by atoms with Crippen molar-refractivity contribution in [1.82, 2.24) is 4.90 Å².